The standard InChI is InChI=1S/C12H22N4O2/c1-10-9-15-12(13-2)16-11(10)14-5-4-6-18-8-7-17-3/h9H,4-8H2,1-3H3,(H2,13,14,15,16). The summed E-state index contributed by atoms with van der Waals surface area (Å²) >= 11 is 0. The fourth-order valence-corrected chi connectivity index (χ4v) is 1.37. The van der Waals surface area contributed by atoms with E-state index < -0.39 is 0 Å². The molecule has 0 aliphatic heterocycles. The molecule has 0 saturated carbocycles. The highest BCUT2D eigenvalue weighted by Crippen LogP contribution is 2.11. The van der Waals surface area contributed by atoms with Crippen LogP contribution in [-0.2, 0) is 9.47 Å². The third-order valence-corrected chi connectivity index (χ3v) is 2.39. The quantitative estimate of drug-likeness (QED) is 0.647. The van der Waals surface area contributed by atoms with Crippen molar-refractivity contribution in [2.45, 2.75) is 13.3 Å². The van der Waals surface area contributed by atoms with E-state index in [1.54, 1.807) is 20.4 Å². The lowest BCUT2D eigenvalue weighted by molar-refractivity contribution is 0.0705. The van der Waals surface area contributed by atoms with Crippen molar-refractivity contribution in [1.29, 1.82) is 0 Å². The van der Waals surface area contributed by atoms with Crippen LogP contribution in [0.25, 0.3) is 0 Å². The number of hydrogen-bond acceptors (Lipinski definition) is 6. The Morgan fingerprint density at radius 3 is 2.83 bits per heavy atom. The van der Waals surface area contributed by atoms with Crippen LogP contribution in [0, 0.1) is 6.92 Å². The summed E-state index contributed by atoms with van der Waals surface area (Å²) in [6.45, 7) is 4.82. The Hall–Kier alpha value is -1.40. The number of rotatable bonds is 9. The third kappa shape index (κ3) is 5.29. The van der Waals surface area contributed by atoms with Gasteiger partial charge in [0.2, 0.25) is 5.95 Å². The molecular formula is C12H22N4O2. The van der Waals surface area contributed by atoms with E-state index in [0.29, 0.717) is 19.2 Å². The molecule has 0 atom stereocenters. The van der Waals surface area contributed by atoms with E-state index >= 15 is 0 Å². The summed E-state index contributed by atoms with van der Waals surface area (Å²) in [4.78, 5) is 8.48. The average Bonchev–Trinajstić information content (AvgIpc) is 2.39. The maximum absolute atomic E-state index is 5.38. The van der Waals surface area contributed by atoms with Crippen LogP contribution in [0.2, 0.25) is 0 Å². The molecule has 0 aliphatic rings. The van der Waals surface area contributed by atoms with Crippen LogP contribution in [0.5, 0.6) is 0 Å². The lowest BCUT2D eigenvalue weighted by Gasteiger charge is -2.09. The van der Waals surface area contributed by atoms with Gasteiger partial charge in [-0.05, 0) is 13.3 Å². The van der Waals surface area contributed by atoms with Gasteiger partial charge in [0.25, 0.3) is 0 Å². The molecule has 2 N–H and O–H groups in total. The molecule has 0 amide bonds. The highest BCUT2D eigenvalue weighted by atomic mass is 16.5. The van der Waals surface area contributed by atoms with Crippen molar-refractivity contribution in [1.82, 2.24) is 9.97 Å². The zero-order valence-corrected chi connectivity index (χ0v) is 11.3. The number of aromatic nitrogens is 2. The van der Waals surface area contributed by atoms with Crippen molar-refractivity contribution >= 4 is 11.8 Å². The monoisotopic (exact) mass is 254 g/mol. The number of nitrogens with one attached hydrogen (secondary N) is 2. The highest BCUT2D eigenvalue weighted by molar-refractivity contribution is 5.46. The van der Waals surface area contributed by atoms with Crippen LogP contribution in [0.15, 0.2) is 6.20 Å². The van der Waals surface area contributed by atoms with Crippen LogP contribution in [-0.4, -0.2) is 50.5 Å². The van der Waals surface area contributed by atoms with E-state index in [1.165, 1.54) is 0 Å². The summed E-state index contributed by atoms with van der Waals surface area (Å²) in [5, 5.41) is 6.19. The van der Waals surface area contributed by atoms with Gasteiger partial charge in [-0.25, -0.2) is 4.98 Å². The number of anilines is 2. The van der Waals surface area contributed by atoms with E-state index in [1.807, 2.05) is 6.92 Å². The third-order valence-electron chi connectivity index (χ3n) is 2.39. The van der Waals surface area contributed by atoms with Crippen molar-refractivity contribution in [2.75, 3.05) is 51.2 Å². The molecule has 0 aliphatic carbocycles. The van der Waals surface area contributed by atoms with Crippen molar-refractivity contribution in [2.24, 2.45) is 0 Å². The lowest BCUT2D eigenvalue weighted by atomic mass is 10.3. The van der Waals surface area contributed by atoms with E-state index in [9.17, 15) is 0 Å². The van der Waals surface area contributed by atoms with Gasteiger partial charge in [0.15, 0.2) is 0 Å². The van der Waals surface area contributed by atoms with Gasteiger partial charge in [-0.2, -0.15) is 4.98 Å². The Labute approximate surface area is 108 Å². The van der Waals surface area contributed by atoms with E-state index in [2.05, 4.69) is 20.6 Å². The molecule has 18 heavy (non-hydrogen) atoms. The van der Waals surface area contributed by atoms with E-state index in [4.69, 9.17) is 9.47 Å². The first-order valence-corrected chi connectivity index (χ1v) is 6.10. The van der Waals surface area contributed by atoms with Gasteiger partial charge in [-0.15, -0.1) is 0 Å². The van der Waals surface area contributed by atoms with Gasteiger partial charge >= 0.3 is 0 Å². The maximum atomic E-state index is 5.38. The summed E-state index contributed by atoms with van der Waals surface area (Å²) < 4.78 is 10.3. The summed E-state index contributed by atoms with van der Waals surface area (Å²) in [6, 6.07) is 0. The summed E-state index contributed by atoms with van der Waals surface area (Å²) in [5.41, 5.74) is 1.04. The zero-order chi connectivity index (χ0) is 13.2. The Morgan fingerprint density at radius 1 is 1.28 bits per heavy atom. The van der Waals surface area contributed by atoms with Crippen LogP contribution in [0.4, 0.5) is 11.8 Å². The van der Waals surface area contributed by atoms with Crippen molar-refractivity contribution < 1.29 is 9.47 Å². The normalized spacial score (nSPS) is 10.4. The molecule has 6 heteroatoms. The van der Waals surface area contributed by atoms with Gasteiger partial charge in [0.1, 0.15) is 5.82 Å². The zero-order valence-electron chi connectivity index (χ0n) is 11.3. The lowest BCUT2D eigenvalue weighted by Crippen LogP contribution is -2.11. The Bertz CT molecular complexity index is 347. The van der Waals surface area contributed by atoms with Gasteiger partial charge < -0.3 is 20.1 Å². The first-order chi connectivity index (χ1) is 8.77. The maximum Gasteiger partial charge on any atom is 0.224 e. The van der Waals surface area contributed by atoms with E-state index in [0.717, 1.165) is 31.0 Å². The number of nitrogens with zero attached hydrogens (tertiary/aromatic N) is 2. The van der Waals surface area contributed by atoms with Gasteiger partial charge in [-0.1, -0.05) is 0 Å². The molecule has 102 valence electrons. The Morgan fingerprint density at radius 2 is 2.11 bits per heavy atom. The minimum atomic E-state index is 0.624. The van der Waals surface area contributed by atoms with Crippen molar-refractivity contribution in [3.8, 4) is 0 Å². The van der Waals surface area contributed by atoms with Gasteiger partial charge in [-0.3, -0.25) is 0 Å². The van der Waals surface area contributed by atoms with Gasteiger partial charge in [0, 0.05) is 39.1 Å². The second kappa shape index (κ2) is 8.66. The second-order valence-corrected chi connectivity index (χ2v) is 3.86. The van der Waals surface area contributed by atoms with Crippen LogP contribution >= 0.6 is 0 Å². The number of methoxy groups -OCH3 is 1. The number of hydrogen-bond donors (Lipinski definition) is 2. The predicted molar refractivity (Wildman–Crippen MR) is 72.1 cm³/mol. The molecule has 1 aromatic heterocycles. The van der Waals surface area contributed by atoms with Crippen LogP contribution < -0.4 is 10.6 Å². The first kappa shape index (κ1) is 14.7. The molecular weight excluding hydrogens is 232 g/mol. The fourth-order valence-electron chi connectivity index (χ4n) is 1.37. The molecule has 0 aromatic carbocycles. The number of ether oxygens (including phenoxy) is 2. The topological polar surface area (TPSA) is 68.3 Å². The average molecular weight is 254 g/mol. The minimum Gasteiger partial charge on any atom is -0.382 e. The largest absolute Gasteiger partial charge is 0.382 e. The molecule has 1 heterocycles. The molecule has 0 radical (unpaired) electrons. The molecule has 0 unspecified atom stereocenters. The molecule has 0 fully saturated rings. The fraction of sp³-hybridized carbons (Fsp3) is 0.667. The molecule has 1 aromatic rings. The molecule has 0 saturated heterocycles. The first-order valence-electron chi connectivity index (χ1n) is 6.10. The summed E-state index contributed by atoms with van der Waals surface area (Å²) in [6.07, 6.45) is 2.73. The Kier molecular flexibility index (Phi) is 7.05. The van der Waals surface area contributed by atoms with Crippen LogP contribution in [0.3, 0.4) is 0 Å². The van der Waals surface area contributed by atoms with E-state index in [-0.39, 0.29) is 0 Å². The Balaban J connectivity index is 2.22. The molecule has 6 nitrogen and oxygen atoms in total. The SMILES string of the molecule is CNc1ncc(C)c(NCCCOCCOC)n1. The molecule has 0 spiro atoms. The van der Waals surface area contributed by atoms with Gasteiger partial charge in [0.05, 0.1) is 13.2 Å². The summed E-state index contributed by atoms with van der Waals surface area (Å²) in [5.74, 6) is 1.49. The van der Waals surface area contributed by atoms with Crippen molar-refractivity contribution in [3.05, 3.63) is 11.8 Å². The number of aryl methyl sites for hydroxylation is 1. The minimum absolute atomic E-state index is 0.624. The highest BCUT2D eigenvalue weighted by Gasteiger charge is 2.01. The van der Waals surface area contributed by atoms with Crippen molar-refractivity contribution in [3.63, 3.8) is 0 Å². The molecule has 0 bridgehead atoms. The predicted octanol–water partition coefficient (Wildman–Crippen LogP) is 1.29. The smallest absolute Gasteiger partial charge is 0.224 e. The molecule has 1 rings (SSSR count). The summed E-state index contributed by atoms with van der Waals surface area (Å²) in [7, 11) is 3.47. The second-order valence-electron chi connectivity index (χ2n) is 3.86. The van der Waals surface area contributed by atoms with Crippen LogP contribution in [0.1, 0.15) is 12.0 Å².